The van der Waals surface area contributed by atoms with Crippen molar-refractivity contribution in [3.8, 4) is 0 Å². The number of piperidine rings is 1. The van der Waals surface area contributed by atoms with E-state index in [9.17, 15) is 4.79 Å². The van der Waals surface area contributed by atoms with Gasteiger partial charge in [0.05, 0.1) is 0 Å². The average Bonchev–Trinajstić information content (AvgIpc) is 3.08. The van der Waals surface area contributed by atoms with Gasteiger partial charge in [0.1, 0.15) is 6.54 Å². The highest BCUT2D eigenvalue weighted by Crippen LogP contribution is 2.19. The Balaban J connectivity index is 1.28. The third-order valence-corrected chi connectivity index (χ3v) is 5.55. The number of aromatic nitrogens is 1. The van der Waals surface area contributed by atoms with Crippen molar-refractivity contribution in [1.29, 1.82) is 0 Å². The van der Waals surface area contributed by atoms with E-state index in [0.717, 1.165) is 38.0 Å². The summed E-state index contributed by atoms with van der Waals surface area (Å²) in [4.78, 5) is 15.0. The summed E-state index contributed by atoms with van der Waals surface area (Å²) in [5, 5.41) is 4.46. The number of aryl methyl sites for hydroxylation is 1. The van der Waals surface area contributed by atoms with Crippen LogP contribution in [0.5, 0.6) is 0 Å². The molecule has 1 aliphatic rings. The second-order valence-electron chi connectivity index (χ2n) is 7.55. The van der Waals surface area contributed by atoms with Crippen molar-refractivity contribution in [2.75, 3.05) is 13.1 Å². The molecule has 0 unspecified atom stereocenters. The highest BCUT2D eigenvalue weighted by atomic mass is 16.2. The van der Waals surface area contributed by atoms with Crippen LogP contribution in [-0.4, -0.2) is 34.5 Å². The van der Waals surface area contributed by atoms with Crippen molar-refractivity contribution >= 4 is 16.8 Å². The maximum atomic E-state index is 12.5. The molecule has 4 rings (SSSR count). The molecule has 1 amide bonds. The average molecular weight is 361 g/mol. The first-order chi connectivity index (χ1) is 13.2. The fourth-order valence-corrected chi connectivity index (χ4v) is 4.02. The van der Waals surface area contributed by atoms with Gasteiger partial charge in [-0.2, -0.15) is 0 Å². The first-order valence-electron chi connectivity index (χ1n) is 9.79. The van der Waals surface area contributed by atoms with Gasteiger partial charge in [-0.1, -0.05) is 42.5 Å². The summed E-state index contributed by atoms with van der Waals surface area (Å²) >= 11 is 0. The number of amides is 1. The minimum Gasteiger partial charge on any atom is -0.352 e. The number of hydrogen-bond acceptors (Lipinski definition) is 2. The second kappa shape index (κ2) is 7.97. The Hall–Kier alpha value is -2.59. The standard InChI is InChI=1S/C23H27N3O/c1-18-6-5-9-22-21(18)12-15-26(22)17-23(27)24-20-10-13-25(14-11-20)16-19-7-3-2-4-8-19/h2-9,12,15,20H,10-11,13-14,16-17H2,1H3,(H,24,27). The van der Waals surface area contributed by atoms with Crippen molar-refractivity contribution in [1.82, 2.24) is 14.8 Å². The summed E-state index contributed by atoms with van der Waals surface area (Å²) in [6.07, 6.45) is 4.05. The number of carbonyl (C=O) groups excluding carboxylic acids is 1. The van der Waals surface area contributed by atoms with E-state index in [0.29, 0.717) is 6.54 Å². The number of nitrogens with one attached hydrogen (secondary N) is 1. The monoisotopic (exact) mass is 361 g/mol. The van der Waals surface area contributed by atoms with Gasteiger partial charge in [0.2, 0.25) is 5.91 Å². The van der Waals surface area contributed by atoms with E-state index in [2.05, 4.69) is 71.7 Å². The SMILES string of the molecule is Cc1cccc2c1ccn2CC(=O)NC1CCN(Cc2ccccc2)CC1. The number of likely N-dealkylation sites (tertiary alicyclic amines) is 1. The molecule has 0 spiro atoms. The van der Waals surface area contributed by atoms with Crippen LogP contribution in [0.25, 0.3) is 10.9 Å². The largest absolute Gasteiger partial charge is 0.352 e. The molecule has 1 aromatic heterocycles. The molecule has 0 aliphatic carbocycles. The van der Waals surface area contributed by atoms with Gasteiger partial charge >= 0.3 is 0 Å². The molecule has 2 aromatic carbocycles. The third-order valence-electron chi connectivity index (χ3n) is 5.55. The van der Waals surface area contributed by atoms with Crippen LogP contribution in [0.4, 0.5) is 0 Å². The predicted molar refractivity (Wildman–Crippen MR) is 110 cm³/mol. The highest BCUT2D eigenvalue weighted by molar-refractivity contribution is 5.85. The van der Waals surface area contributed by atoms with Gasteiger partial charge < -0.3 is 9.88 Å². The number of carbonyl (C=O) groups is 1. The summed E-state index contributed by atoms with van der Waals surface area (Å²) < 4.78 is 2.04. The molecule has 1 fully saturated rings. The summed E-state index contributed by atoms with van der Waals surface area (Å²) in [5.74, 6) is 0.107. The van der Waals surface area contributed by atoms with E-state index >= 15 is 0 Å². The number of hydrogen-bond donors (Lipinski definition) is 1. The van der Waals surface area contributed by atoms with Crippen LogP contribution >= 0.6 is 0 Å². The summed E-state index contributed by atoms with van der Waals surface area (Å²) in [5.41, 5.74) is 3.73. The van der Waals surface area contributed by atoms with E-state index in [-0.39, 0.29) is 11.9 Å². The summed E-state index contributed by atoms with van der Waals surface area (Å²) in [6, 6.07) is 19.2. The Labute approximate surface area is 160 Å². The lowest BCUT2D eigenvalue weighted by Gasteiger charge is -2.32. The lowest BCUT2D eigenvalue weighted by molar-refractivity contribution is -0.122. The molecule has 3 aromatic rings. The van der Waals surface area contributed by atoms with Crippen molar-refractivity contribution in [3.05, 3.63) is 71.9 Å². The van der Waals surface area contributed by atoms with Gasteiger partial charge in [0.15, 0.2) is 0 Å². The molecule has 1 aliphatic heterocycles. The number of rotatable bonds is 5. The van der Waals surface area contributed by atoms with Crippen LogP contribution in [0, 0.1) is 6.92 Å². The molecule has 140 valence electrons. The molecule has 4 nitrogen and oxygen atoms in total. The van der Waals surface area contributed by atoms with Crippen LogP contribution in [0.15, 0.2) is 60.8 Å². The zero-order valence-corrected chi connectivity index (χ0v) is 15.9. The fourth-order valence-electron chi connectivity index (χ4n) is 4.02. The van der Waals surface area contributed by atoms with Gasteiger partial charge in [0.25, 0.3) is 0 Å². The van der Waals surface area contributed by atoms with Crippen LogP contribution in [0.2, 0.25) is 0 Å². The third kappa shape index (κ3) is 4.22. The minimum atomic E-state index is 0.107. The molecule has 0 saturated carbocycles. The van der Waals surface area contributed by atoms with Gasteiger partial charge in [0, 0.05) is 42.8 Å². The van der Waals surface area contributed by atoms with Crippen LogP contribution in [0.3, 0.4) is 0 Å². The van der Waals surface area contributed by atoms with Gasteiger partial charge in [-0.15, -0.1) is 0 Å². The molecule has 0 atom stereocenters. The normalized spacial score (nSPS) is 15.9. The number of nitrogens with zero attached hydrogens (tertiary/aromatic N) is 2. The quantitative estimate of drug-likeness (QED) is 0.752. The molecular weight excluding hydrogens is 334 g/mol. The van der Waals surface area contributed by atoms with E-state index in [4.69, 9.17) is 0 Å². The Morgan fingerprint density at radius 2 is 1.81 bits per heavy atom. The lowest BCUT2D eigenvalue weighted by atomic mass is 10.0. The Morgan fingerprint density at radius 3 is 2.59 bits per heavy atom. The summed E-state index contributed by atoms with van der Waals surface area (Å²) in [6.45, 7) is 5.56. The van der Waals surface area contributed by atoms with E-state index in [1.165, 1.54) is 16.5 Å². The first kappa shape index (κ1) is 17.8. The Bertz CT molecular complexity index is 908. The molecular formula is C23H27N3O. The maximum absolute atomic E-state index is 12.5. The van der Waals surface area contributed by atoms with E-state index < -0.39 is 0 Å². The molecule has 1 saturated heterocycles. The topological polar surface area (TPSA) is 37.3 Å². The van der Waals surface area contributed by atoms with Crippen LogP contribution < -0.4 is 5.32 Å². The van der Waals surface area contributed by atoms with Gasteiger partial charge in [-0.25, -0.2) is 0 Å². The highest BCUT2D eigenvalue weighted by Gasteiger charge is 2.21. The maximum Gasteiger partial charge on any atom is 0.240 e. The Morgan fingerprint density at radius 1 is 1.04 bits per heavy atom. The molecule has 0 bridgehead atoms. The minimum absolute atomic E-state index is 0.107. The summed E-state index contributed by atoms with van der Waals surface area (Å²) in [7, 11) is 0. The van der Waals surface area contributed by atoms with E-state index in [1.807, 2.05) is 10.8 Å². The predicted octanol–water partition coefficient (Wildman–Crippen LogP) is 3.73. The van der Waals surface area contributed by atoms with Crippen molar-refractivity contribution in [2.45, 2.75) is 38.9 Å². The van der Waals surface area contributed by atoms with E-state index in [1.54, 1.807) is 0 Å². The van der Waals surface area contributed by atoms with Crippen molar-refractivity contribution < 1.29 is 4.79 Å². The zero-order valence-electron chi connectivity index (χ0n) is 15.9. The van der Waals surface area contributed by atoms with Crippen LogP contribution in [0.1, 0.15) is 24.0 Å². The zero-order chi connectivity index (χ0) is 18.6. The fraction of sp³-hybridized carbons (Fsp3) is 0.348. The second-order valence-corrected chi connectivity index (χ2v) is 7.55. The molecule has 1 N–H and O–H groups in total. The lowest BCUT2D eigenvalue weighted by Crippen LogP contribution is -2.45. The first-order valence-corrected chi connectivity index (χ1v) is 9.79. The molecule has 0 radical (unpaired) electrons. The number of fused-ring (bicyclic) bond motifs is 1. The molecule has 4 heteroatoms. The number of benzene rings is 2. The molecule has 2 heterocycles. The van der Waals surface area contributed by atoms with Crippen LogP contribution in [-0.2, 0) is 17.9 Å². The van der Waals surface area contributed by atoms with Gasteiger partial charge in [-0.05, 0) is 43.0 Å². The van der Waals surface area contributed by atoms with Gasteiger partial charge in [-0.3, -0.25) is 9.69 Å². The Kier molecular flexibility index (Phi) is 5.26. The molecule has 27 heavy (non-hydrogen) atoms. The smallest absolute Gasteiger partial charge is 0.240 e. The van der Waals surface area contributed by atoms with Crippen molar-refractivity contribution in [3.63, 3.8) is 0 Å². The van der Waals surface area contributed by atoms with Crippen molar-refractivity contribution in [2.24, 2.45) is 0 Å².